The van der Waals surface area contributed by atoms with E-state index in [1.54, 1.807) is 25.1 Å². The molecule has 1 unspecified atom stereocenters. The van der Waals surface area contributed by atoms with E-state index in [0.717, 1.165) is 32.1 Å². The predicted molar refractivity (Wildman–Crippen MR) is 79.5 cm³/mol. The number of nitrogens with zero attached hydrogens (tertiary/aromatic N) is 1. The number of nitro benzene ring substituents is 1. The van der Waals surface area contributed by atoms with Crippen molar-refractivity contribution < 1.29 is 14.8 Å². The highest BCUT2D eigenvalue weighted by Crippen LogP contribution is 2.32. The minimum Gasteiger partial charge on any atom is -0.480 e. The summed E-state index contributed by atoms with van der Waals surface area (Å²) >= 11 is 0. The number of carboxylic acid groups (broad SMARTS) is 1. The Morgan fingerprint density at radius 2 is 2.05 bits per heavy atom. The maximum absolute atomic E-state index is 11.5. The molecular formula is C15H20N2O4. The van der Waals surface area contributed by atoms with Crippen LogP contribution in [0.1, 0.15) is 37.7 Å². The van der Waals surface area contributed by atoms with Crippen molar-refractivity contribution in [2.24, 2.45) is 5.92 Å². The molecule has 2 N–H and O–H groups in total. The quantitative estimate of drug-likeness (QED) is 0.641. The lowest BCUT2D eigenvalue weighted by molar-refractivity contribution is -0.384. The van der Waals surface area contributed by atoms with Gasteiger partial charge in [-0.3, -0.25) is 10.1 Å². The normalized spacial score (nSPS) is 17.2. The number of hydrogen-bond acceptors (Lipinski definition) is 4. The van der Waals surface area contributed by atoms with E-state index < -0.39 is 16.9 Å². The second-order valence-electron chi connectivity index (χ2n) is 5.59. The van der Waals surface area contributed by atoms with E-state index in [4.69, 9.17) is 0 Å². The van der Waals surface area contributed by atoms with Crippen LogP contribution in [0, 0.1) is 23.0 Å². The highest BCUT2D eigenvalue weighted by molar-refractivity contribution is 5.80. The number of nitrogens with one attached hydrogen (secondary N) is 1. The molecule has 0 amide bonds. The summed E-state index contributed by atoms with van der Waals surface area (Å²) < 4.78 is 0. The first-order valence-corrected chi connectivity index (χ1v) is 7.24. The molecule has 1 aromatic carbocycles. The van der Waals surface area contributed by atoms with E-state index in [9.17, 15) is 20.0 Å². The third-order valence-electron chi connectivity index (χ3n) is 4.12. The molecule has 6 nitrogen and oxygen atoms in total. The van der Waals surface area contributed by atoms with Gasteiger partial charge in [0, 0.05) is 5.56 Å². The summed E-state index contributed by atoms with van der Waals surface area (Å²) in [5, 5.41) is 23.5. The molecule has 0 bridgehead atoms. The highest BCUT2D eigenvalue weighted by atomic mass is 16.6. The number of anilines is 1. The van der Waals surface area contributed by atoms with Gasteiger partial charge in [-0.1, -0.05) is 31.4 Å². The standard InChI is InChI=1S/C15H20N2O4/c1-10-6-5-9-12(14(10)17(20)21)16-13(15(18)19)11-7-3-2-4-8-11/h5-6,9,11,13,16H,2-4,7-8H2,1H3,(H,18,19). The third kappa shape index (κ3) is 3.51. The molecule has 6 heteroatoms. The van der Waals surface area contributed by atoms with Crippen LogP contribution < -0.4 is 5.32 Å². The van der Waals surface area contributed by atoms with E-state index in [1.807, 2.05) is 0 Å². The van der Waals surface area contributed by atoms with E-state index in [0.29, 0.717) is 5.56 Å². The summed E-state index contributed by atoms with van der Waals surface area (Å²) in [6.07, 6.45) is 4.87. The fourth-order valence-corrected chi connectivity index (χ4v) is 3.03. The smallest absolute Gasteiger partial charge is 0.326 e. The summed E-state index contributed by atoms with van der Waals surface area (Å²) in [6, 6.07) is 4.15. The van der Waals surface area contributed by atoms with Gasteiger partial charge in [0.05, 0.1) is 4.92 Å². The van der Waals surface area contributed by atoms with Crippen LogP contribution in [0.2, 0.25) is 0 Å². The van der Waals surface area contributed by atoms with Gasteiger partial charge in [-0.05, 0) is 31.7 Å². The third-order valence-corrected chi connectivity index (χ3v) is 4.12. The lowest BCUT2D eigenvalue weighted by Gasteiger charge is -2.28. The second-order valence-corrected chi connectivity index (χ2v) is 5.59. The van der Waals surface area contributed by atoms with Crippen LogP contribution in [-0.4, -0.2) is 22.0 Å². The number of para-hydroxylation sites is 1. The maximum Gasteiger partial charge on any atom is 0.326 e. The van der Waals surface area contributed by atoms with Crippen LogP contribution in [0.25, 0.3) is 0 Å². The molecule has 0 radical (unpaired) electrons. The maximum atomic E-state index is 11.5. The fraction of sp³-hybridized carbons (Fsp3) is 0.533. The molecule has 1 aliphatic rings. The molecule has 1 aliphatic carbocycles. The Bertz CT molecular complexity index is 538. The predicted octanol–water partition coefficient (Wildman–Crippen LogP) is 3.35. The number of nitro groups is 1. The van der Waals surface area contributed by atoms with Gasteiger partial charge in [0.1, 0.15) is 11.7 Å². The fourth-order valence-electron chi connectivity index (χ4n) is 3.03. The van der Waals surface area contributed by atoms with Crippen molar-refractivity contribution in [3.63, 3.8) is 0 Å². The van der Waals surface area contributed by atoms with E-state index in [2.05, 4.69) is 5.32 Å². The van der Waals surface area contributed by atoms with Gasteiger partial charge in [0.2, 0.25) is 0 Å². The lowest BCUT2D eigenvalue weighted by atomic mass is 9.83. The van der Waals surface area contributed by atoms with Crippen molar-refractivity contribution >= 4 is 17.3 Å². The van der Waals surface area contributed by atoms with Gasteiger partial charge in [0.15, 0.2) is 0 Å². The molecule has 1 fully saturated rings. The van der Waals surface area contributed by atoms with E-state index in [-0.39, 0.29) is 17.3 Å². The number of aliphatic carboxylic acids is 1. The monoisotopic (exact) mass is 292 g/mol. The molecule has 0 heterocycles. The first kappa shape index (κ1) is 15.3. The zero-order valence-electron chi connectivity index (χ0n) is 12.0. The number of rotatable bonds is 5. The molecule has 0 aromatic heterocycles. The Labute approximate surface area is 123 Å². The Kier molecular flexibility index (Phi) is 4.77. The molecule has 114 valence electrons. The van der Waals surface area contributed by atoms with Gasteiger partial charge in [-0.2, -0.15) is 0 Å². The number of aryl methyl sites for hydroxylation is 1. The van der Waals surface area contributed by atoms with Gasteiger partial charge < -0.3 is 10.4 Å². The first-order chi connectivity index (χ1) is 10.0. The van der Waals surface area contributed by atoms with Crippen molar-refractivity contribution in [3.8, 4) is 0 Å². The SMILES string of the molecule is Cc1cccc(NC(C(=O)O)C2CCCCC2)c1[N+](=O)[O-]. The van der Waals surface area contributed by atoms with Crippen molar-refractivity contribution in [2.75, 3.05) is 5.32 Å². The van der Waals surface area contributed by atoms with Crippen LogP contribution in [0.4, 0.5) is 11.4 Å². The van der Waals surface area contributed by atoms with Gasteiger partial charge in [0.25, 0.3) is 5.69 Å². The minimum atomic E-state index is -0.947. The summed E-state index contributed by atoms with van der Waals surface area (Å²) in [5.74, 6) is -0.922. The second kappa shape index (κ2) is 6.56. The number of carbonyl (C=O) groups is 1. The Morgan fingerprint density at radius 1 is 1.38 bits per heavy atom. The average molecular weight is 292 g/mol. The summed E-state index contributed by atoms with van der Waals surface area (Å²) in [6.45, 7) is 1.65. The first-order valence-electron chi connectivity index (χ1n) is 7.24. The highest BCUT2D eigenvalue weighted by Gasteiger charge is 2.31. The number of carboxylic acids is 1. The van der Waals surface area contributed by atoms with Crippen LogP contribution >= 0.6 is 0 Å². The van der Waals surface area contributed by atoms with Crippen molar-refractivity contribution in [2.45, 2.75) is 45.1 Å². The molecule has 1 atom stereocenters. The molecular weight excluding hydrogens is 272 g/mol. The molecule has 21 heavy (non-hydrogen) atoms. The topological polar surface area (TPSA) is 92.5 Å². The summed E-state index contributed by atoms with van der Waals surface area (Å²) in [5.41, 5.74) is 0.773. The van der Waals surface area contributed by atoms with Crippen LogP contribution in [0.15, 0.2) is 18.2 Å². The summed E-state index contributed by atoms with van der Waals surface area (Å²) in [7, 11) is 0. The Hall–Kier alpha value is -2.11. The van der Waals surface area contributed by atoms with E-state index in [1.165, 1.54) is 0 Å². The van der Waals surface area contributed by atoms with Crippen LogP contribution in [0.5, 0.6) is 0 Å². The molecule has 0 spiro atoms. The Morgan fingerprint density at radius 3 is 2.62 bits per heavy atom. The summed E-state index contributed by atoms with van der Waals surface area (Å²) in [4.78, 5) is 22.3. The minimum absolute atomic E-state index is 0.0244. The van der Waals surface area contributed by atoms with Crippen molar-refractivity contribution in [3.05, 3.63) is 33.9 Å². The lowest BCUT2D eigenvalue weighted by Crippen LogP contribution is -2.38. The van der Waals surface area contributed by atoms with Crippen molar-refractivity contribution in [1.82, 2.24) is 0 Å². The number of benzene rings is 1. The van der Waals surface area contributed by atoms with Gasteiger partial charge >= 0.3 is 5.97 Å². The molecule has 1 aromatic rings. The van der Waals surface area contributed by atoms with Gasteiger partial charge in [-0.25, -0.2) is 4.79 Å². The van der Waals surface area contributed by atoms with Gasteiger partial charge in [-0.15, -0.1) is 0 Å². The van der Waals surface area contributed by atoms with Crippen LogP contribution in [-0.2, 0) is 4.79 Å². The zero-order chi connectivity index (χ0) is 15.4. The zero-order valence-corrected chi connectivity index (χ0v) is 12.0. The molecule has 0 saturated heterocycles. The molecule has 2 rings (SSSR count). The van der Waals surface area contributed by atoms with Crippen molar-refractivity contribution in [1.29, 1.82) is 0 Å². The van der Waals surface area contributed by atoms with E-state index >= 15 is 0 Å². The average Bonchev–Trinajstić information content (AvgIpc) is 2.45. The largest absolute Gasteiger partial charge is 0.480 e. The number of hydrogen-bond donors (Lipinski definition) is 2. The molecule has 0 aliphatic heterocycles. The Balaban J connectivity index is 2.27. The molecule has 1 saturated carbocycles. The van der Waals surface area contributed by atoms with Crippen LogP contribution in [0.3, 0.4) is 0 Å².